The van der Waals surface area contributed by atoms with Gasteiger partial charge in [-0.05, 0) is 30.5 Å². The van der Waals surface area contributed by atoms with E-state index in [2.05, 4.69) is 10.1 Å². The quantitative estimate of drug-likeness (QED) is 0.513. The Morgan fingerprint density at radius 2 is 2.21 bits per heavy atom. The lowest BCUT2D eigenvalue weighted by Crippen LogP contribution is -2.02. The zero-order chi connectivity index (χ0) is 16.5. The van der Waals surface area contributed by atoms with Gasteiger partial charge in [0.1, 0.15) is 5.58 Å². The first kappa shape index (κ1) is 14.6. The van der Waals surface area contributed by atoms with Gasteiger partial charge >= 0.3 is 5.97 Å². The first-order valence-electron chi connectivity index (χ1n) is 7.33. The summed E-state index contributed by atoms with van der Waals surface area (Å²) in [6.07, 6.45) is 0. The number of thiophene rings is 1. The Morgan fingerprint density at radius 3 is 3.00 bits per heavy atom. The van der Waals surface area contributed by atoms with Gasteiger partial charge in [0.2, 0.25) is 11.6 Å². The Labute approximate surface area is 140 Å². The van der Waals surface area contributed by atoms with Crippen LogP contribution in [-0.2, 0) is 4.74 Å². The fourth-order valence-corrected chi connectivity index (χ4v) is 2.96. The fraction of sp³-hybridized carbons (Fsp3) is 0.118. The van der Waals surface area contributed by atoms with Gasteiger partial charge in [-0.3, -0.25) is 0 Å². The third kappa shape index (κ3) is 2.59. The van der Waals surface area contributed by atoms with E-state index in [0.717, 1.165) is 15.8 Å². The van der Waals surface area contributed by atoms with Crippen LogP contribution in [0.1, 0.15) is 17.5 Å². The standard InChI is InChI=1S/C17H12N2O4S/c1-2-21-17(20)13-8-10-5-6-11(9-12(10)22-13)15-18-16(23-19-15)14-4-3-7-24-14/h3-9H,2H2,1H3. The van der Waals surface area contributed by atoms with E-state index in [0.29, 0.717) is 23.9 Å². The lowest BCUT2D eigenvalue weighted by Gasteiger charge is -1.96. The predicted molar refractivity (Wildman–Crippen MR) is 88.8 cm³/mol. The number of esters is 1. The Kier molecular flexibility index (Phi) is 3.62. The largest absolute Gasteiger partial charge is 0.460 e. The summed E-state index contributed by atoms with van der Waals surface area (Å²) in [5.41, 5.74) is 1.32. The minimum Gasteiger partial charge on any atom is -0.460 e. The molecule has 3 aromatic heterocycles. The zero-order valence-corrected chi connectivity index (χ0v) is 13.5. The third-order valence-corrected chi connectivity index (χ3v) is 4.27. The summed E-state index contributed by atoms with van der Waals surface area (Å²) in [7, 11) is 0. The number of hydrogen-bond donors (Lipinski definition) is 0. The molecule has 0 aliphatic heterocycles. The van der Waals surface area contributed by atoms with Crippen LogP contribution in [0, 0.1) is 0 Å². The molecule has 0 atom stereocenters. The first-order valence-corrected chi connectivity index (χ1v) is 8.21. The van der Waals surface area contributed by atoms with Crippen molar-refractivity contribution >= 4 is 28.3 Å². The summed E-state index contributed by atoms with van der Waals surface area (Å²) in [5, 5.41) is 6.77. The minimum atomic E-state index is -0.477. The summed E-state index contributed by atoms with van der Waals surface area (Å²) in [6, 6.07) is 11.0. The maximum absolute atomic E-state index is 11.7. The number of benzene rings is 1. The second-order valence-electron chi connectivity index (χ2n) is 4.98. The number of ether oxygens (including phenoxy) is 1. The zero-order valence-electron chi connectivity index (χ0n) is 12.7. The molecule has 24 heavy (non-hydrogen) atoms. The molecule has 0 bridgehead atoms. The summed E-state index contributed by atoms with van der Waals surface area (Å²) >= 11 is 1.53. The SMILES string of the molecule is CCOC(=O)c1cc2ccc(-c3noc(-c4cccs4)n3)cc2o1. The number of fused-ring (bicyclic) bond motifs is 1. The van der Waals surface area contributed by atoms with Gasteiger partial charge in [0.05, 0.1) is 11.5 Å². The summed E-state index contributed by atoms with van der Waals surface area (Å²) in [6.45, 7) is 2.05. The van der Waals surface area contributed by atoms with E-state index in [9.17, 15) is 4.79 Å². The van der Waals surface area contributed by atoms with Crippen LogP contribution in [0.15, 0.2) is 50.7 Å². The Morgan fingerprint density at radius 1 is 1.29 bits per heavy atom. The molecule has 0 aliphatic carbocycles. The van der Waals surface area contributed by atoms with Crippen LogP contribution in [-0.4, -0.2) is 22.7 Å². The Bertz CT molecular complexity index is 1000. The molecule has 0 N–H and O–H groups in total. The lowest BCUT2D eigenvalue weighted by atomic mass is 10.1. The van der Waals surface area contributed by atoms with Crippen LogP contribution in [0.2, 0.25) is 0 Å². The maximum Gasteiger partial charge on any atom is 0.374 e. The predicted octanol–water partition coefficient (Wildman–Crippen LogP) is 4.39. The first-order chi connectivity index (χ1) is 11.7. The number of aromatic nitrogens is 2. The number of carbonyl (C=O) groups excluding carboxylic acids is 1. The molecule has 1 aromatic carbocycles. The van der Waals surface area contributed by atoms with Gasteiger partial charge in [-0.1, -0.05) is 23.4 Å². The molecular weight excluding hydrogens is 328 g/mol. The number of rotatable bonds is 4. The lowest BCUT2D eigenvalue weighted by molar-refractivity contribution is 0.0492. The van der Waals surface area contributed by atoms with Crippen molar-refractivity contribution in [3.05, 3.63) is 47.5 Å². The van der Waals surface area contributed by atoms with Crippen LogP contribution in [0.25, 0.3) is 33.1 Å². The van der Waals surface area contributed by atoms with Crippen LogP contribution >= 0.6 is 11.3 Å². The van der Waals surface area contributed by atoms with E-state index in [1.165, 1.54) is 11.3 Å². The van der Waals surface area contributed by atoms with Crippen molar-refractivity contribution in [1.82, 2.24) is 10.1 Å². The van der Waals surface area contributed by atoms with Gasteiger partial charge in [0.25, 0.3) is 5.89 Å². The molecule has 0 saturated heterocycles. The van der Waals surface area contributed by atoms with Crippen LogP contribution in [0.3, 0.4) is 0 Å². The Balaban J connectivity index is 1.69. The van der Waals surface area contributed by atoms with Crippen LogP contribution < -0.4 is 0 Å². The van der Waals surface area contributed by atoms with Crippen molar-refractivity contribution in [2.45, 2.75) is 6.92 Å². The van der Waals surface area contributed by atoms with E-state index in [4.69, 9.17) is 13.7 Å². The maximum atomic E-state index is 11.7. The summed E-state index contributed by atoms with van der Waals surface area (Å²) in [5.74, 6) is 0.646. The number of hydrogen-bond acceptors (Lipinski definition) is 7. The highest BCUT2D eigenvalue weighted by atomic mass is 32.1. The van der Waals surface area contributed by atoms with E-state index >= 15 is 0 Å². The molecule has 0 amide bonds. The average molecular weight is 340 g/mol. The molecule has 3 heterocycles. The number of nitrogens with zero attached hydrogens (tertiary/aromatic N) is 2. The Hall–Kier alpha value is -2.93. The van der Waals surface area contributed by atoms with E-state index in [1.54, 1.807) is 19.1 Å². The average Bonchev–Trinajstić information content (AvgIpc) is 3.32. The highest BCUT2D eigenvalue weighted by Crippen LogP contribution is 2.28. The second-order valence-corrected chi connectivity index (χ2v) is 5.93. The fourth-order valence-electron chi connectivity index (χ4n) is 2.31. The van der Waals surface area contributed by atoms with Crippen molar-refractivity contribution in [1.29, 1.82) is 0 Å². The van der Waals surface area contributed by atoms with Crippen molar-refractivity contribution < 1.29 is 18.5 Å². The van der Waals surface area contributed by atoms with Crippen molar-refractivity contribution in [2.75, 3.05) is 6.61 Å². The van der Waals surface area contributed by atoms with Crippen molar-refractivity contribution in [2.24, 2.45) is 0 Å². The van der Waals surface area contributed by atoms with Crippen molar-refractivity contribution in [3.8, 4) is 22.2 Å². The van der Waals surface area contributed by atoms with Gasteiger partial charge < -0.3 is 13.7 Å². The normalized spacial score (nSPS) is 11.0. The van der Waals surface area contributed by atoms with Gasteiger partial charge in [0, 0.05) is 10.9 Å². The smallest absolute Gasteiger partial charge is 0.374 e. The van der Waals surface area contributed by atoms with E-state index in [-0.39, 0.29) is 5.76 Å². The van der Waals surface area contributed by atoms with Gasteiger partial charge in [-0.25, -0.2) is 4.79 Å². The summed E-state index contributed by atoms with van der Waals surface area (Å²) < 4.78 is 15.8. The minimum absolute atomic E-state index is 0.177. The molecule has 4 aromatic rings. The molecule has 0 unspecified atom stereocenters. The molecule has 4 rings (SSSR count). The topological polar surface area (TPSA) is 78.4 Å². The molecule has 0 radical (unpaired) electrons. The molecule has 0 saturated carbocycles. The molecule has 0 spiro atoms. The monoisotopic (exact) mass is 340 g/mol. The van der Waals surface area contributed by atoms with Gasteiger partial charge in [-0.15, -0.1) is 11.3 Å². The third-order valence-electron chi connectivity index (χ3n) is 3.41. The molecule has 0 fully saturated rings. The van der Waals surface area contributed by atoms with E-state index in [1.807, 2.05) is 29.6 Å². The molecule has 120 valence electrons. The highest BCUT2D eigenvalue weighted by Gasteiger charge is 2.16. The summed E-state index contributed by atoms with van der Waals surface area (Å²) in [4.78, 5) is 17.1. The highest BCUT2D eigenvalue weighted by molar-refractivity contribution is 7.13. The molecule has 7 heteroatoms. The molecule has 0 aliphatic rings. The molecule has 6 nitrogen and oxygen atoms in total. The van der Waals surface area contributed by atoms with Gasteiger partial charge in [0.15, 0.2) is 0 Å². The number of carbonyl (C=O) groups is 1. The van der Waals surface area contributed by atoms with Crippen molar-refractivity contribution in [3.63, 3.8) is 0 Å². The molecular formula is C17H12N2O4S. The van der Waals surface area contributed by atoms with E-state index < -0.39 is 5.97 Å². The van der Waals surface area contributed by atoms with Gasteiger partial charge in [-0.2, -0.15) is 4.98 Å². The van der Waals surface area contributed by atoms with Crippen LogP contribution in [0.4, 0.5) is 0 Å². The van der Waals surface area contributed by atoms with Crippen LogP contribution in [0.5, 0.6) is 0 Å². The number of furan rings is 1. The second kappa shape index (κ2) is 5.93.